The first-order valence-electron chi connectivity index (χ1n) is 14.5. The topological polar surface area (TPSA) is 112 Å². The fourth-order valence-corrected chi connectivity index (χ4v) is 5.82. The molecule has 212 valence electrons. The quantitative estimate of drug-likeness (QED) is 0.301. The Morgan fingerprint density at radius 2 is 1.85 bits per heavy atom. The average molecular weight is 551 g/mol. The number of carbonyl (C=O) groups is 2. The van der Waals surface area contributed by atoms with Crippen LogP contribution in [-0.4, -0.2) is 38.6 Å². The Hall–Kier alpha value is -4.12. The Balaban J connectivity index is 1.27. The lowest BCUT2D eigenvalue weighted by atomic mass is 9.73. The zero-order chi connectivity index (χ0) is 29.3. The molecule has 1 N–H and O–H groups in total. The summed E-state index contributed by atoms with van der Waals surface area (Å²) < 4.78 is 1.86. The van der Waals surface area contributed by atoms with Crippen LogP contribution < -0.4 is 5.32 Å². The van der Waals surface area contributed by atoms with E-state index in [2.05, 4.69) is 58.7 Å². The molecule has 1 aliphatic carbocycles. The first kappa shape index (κ1) is 28.4. The van der Waals surface area contributed by atoms with Crippen LogP contribution in [0.3, 0.4) is 0 Å². The number of ketones is 2. The zero-order valence-corrected chi connectivity index (χ0v) is 24.6. The zero-order valence-electron chi connectivity index (χ0n) is 24.6. The number of aromatic nitrogens is 2. The summed E-state index contributed by atoms with van der Waals surface area (Å²) in [5.41, 5.74) is 6.65. The van der Waals surface area contributed by atoms with Gasteiger partial charge in [0.2, 0.25) is 0 Å². The largest absolute Gasteiger partial charge is 0.382 e. The van der Waals surface area contributed by atoms with E-state index in [0.717, 1.165) is 71.6 Å². The van der Waals surface area contributed by atoms with Crippen molar-refractivity contribution in [1.29, 1.82) is 5.26 Å². The summed E-state index contributed by atoms with van der Waals surface area (Å²) in [6.07, 6.45) is 6.74. The van der Waals surface area contributed by atoms with E-state index in [1.165, 1.54) is 6.92 Å². The van der Waals surface area contributed by atoms with E-state index in [0.29, 0.717) is 23.8 Å². The van der Waals surface area contributed by atoms with Crippen molar-refractivity contribution >= 4 is 34.2 Å². The summed E-state index contributed by atoms with van der Waals surface area (Å²) in [6.45, 7) is 9.23. The predicted molar refractivity (Wildman–Crippen MR) is 162 cm³/mol. The van der Waals surface area contributed by atoms with Gasteiger partial charge in [0, 0.05) is 41.4 Å². The average Bonchev–Trinajstić information content (AvgIpc) is 3.60. The van der Waals surface area contributed by atoms with Gasteiger partial charge in [0.1, 0.15) is 17.6 Å². The van der Waals surface area contributed by atoms with Gasteiger partial charge in [-0.1, -0.05) is 12.1 Å². The lowest BCUT2D eigenvalue weighted by Crippen LogP contribution is -2.34. The molecule has 1 aliphatic heterocycles. The molecule has 2 aromatic heterocycles. The number of hydrogen-bond acceptors (Lipinski definition) is 7. The maximum atomic E-state index is 12.7. The lowest BCUT2D eigenvalue weighted by Gasteiger charge is -2.30. The number of Topliss-reactive ketones (excluding diaryl/α,β-unsaturated/α-hetero) is 2. The maximum absolute atomic E-state index is 12.7. The highest BCUT2D eigenvalue weighted by Crippen LogP contribution is 2.37. The van der Waals surface area contributed by atoms with Crippen molar-refractivity contribution in [3.05, 3.63) is 53.7 Å². The van der Waals surface area contributed by atoms with Crippen LogP contribution in [0, 0.1) is 28.6 Å². The molecule has 1 saturated carbocycles. The van der Waals surface area contributed by atoms with Gasteiger partial charge in [-0.2, -0.15) is 20.6 Å². The van der Waals surface area contributed by atoms with E-state index in [1.54, 1.807) is 20.0 Å². The van der Waals surface area contributed by atoms with Crippen molar-refractivity contribution < 1.29 is 9.59 Å². The van der Waals surface area contributed by atoms with Gasteiger partial charge in [0.15, 0.2) is 0 Å². The van der Waals surface area contributed by atoms with Crippen LogP contribution >= 0.6 is 0 Å². The Morgan fingerprint density at radius 3 is 2.54 bits per heavy atom. The smallest absolute Gasteiger partial charge is 0.146 e. The van der Waals surface area contributed by atoms with Crippen molar-refractivity contribution in [2.45, 2.75) is 79.2 Å². The summed E-state index contributed by atoms with van der Waals surface area (Å²) in [5.74, 6) is 0.705. The molecule has 0 unspecified atom stereocenters. The van der Waals surface area contributed by atoms with Gasteiger partial charge in [-0.25, -0.2) is 4.52 Å². The highest BCUT2D eigenvalue weighted by atomic mass is 16.2. The van der Waals surface area contributed by atoms with E-state index >= 15 is 0 Å². The molecule has 5 rings (SSSR count). The number of benzene rings is 1. The van der Waals surface area contributed by atoms with Crippen molar-refractivity contribution in [1.82, 2.24) is 9.61 Å². The number of nitrogens with zero attached hydrogens (tertiary/aromatic N) is 5. The number of nitriles is 1. The fraction of sp³-hybridized carbons (Fsp3) is 0.455. The second-order valence-electron chi connectivity index (χ2n) is 12.3. The van der Waals surface area contributed by atoms with Gasteiger partial charge in [-0.05, 0) is 96.4 Å². The fourth-order valence-electron chi connectivity index (χ4n) is 5.82. The molecule has 1 fully saturated rings. The van der Waals surface area contributed by atoms with Crippen LogP contribution in [0.15, 0.2) is 52.8 Å². The Morgan fingerprint density at radius 1 is 1.10 bits per heavy atom. The lowest BCUT2D eigenvalue weighted by molar-refractivity contribution is -0.138. The molecule has 0 atom stereocenters. The third-order valence-electron chi connectivity index (χ3n) is 8.72. The SMILES string of the molecule is CC(=O)C(C)(C)C(=O)CC1CCC(C2=NN=C(c3ccc(-c4ccc5cc(C#N)cnn45)cc3NC(C)C)C2)CC1. The van der Waals surface area contributed by atoms with Crippen LogP contribution in [0.4, 0.5) is 5.69 Å². The van der Waals surface area contributed by atoms with E-state index < -0.39 is 5.41 Å². The van der Waals surface area contributed by atoms with Gasteiger partial charge in [0.25, 0.3) is 0 Å². The molecule has 1 aromatic carbocycles. The molecule has 0 saturated heterocycles. The molecule has 3 aromatic rings. The molecule has 0 bridgehead atoms. The Labute approximate surface area is 241 Å². The first-order chi connectivity index (χ1) is 19.6. The molecular weight excluding hydrogens is 512 g/mol. The van der Waals surface area contributed by atoms with E-state index in [9.17, 15) is 14.9 Å². The van der Waals surface area contributed by atoms with Gasteiger partial charge >= 0.3 is 0 Å². The third-order valence-corrected chi connectivity index (χ3v) is 8.72. The van der Waals surface area contributed by atoms with Crippen LogP contribution in [-0.2, 0) is 9.59 Å². The summed E-state index contributed by atoms with van der Waals surface area (Å²) >= 11 is 0. The van der Waals surface area contributed by atoms with Crippen molar-refractivity contribution in [2.75, 3.05) is 5.32 Å². The number of fused-ring (bicyclic) bond motifs is 1. The van der Waals surface area contributed by atoms with Crippen LogP contribution in [0.2, 0.25) is 0 Å². The normalized spacial score (nSPS) is 19.1. The van der Waals surface area contributed by atoms with Crippen molar-refractivity contribution in [2.24, 2.45) is 27.5 Å². The minimum absolute atomic E-state index is 0.0572. The molecule has 0 radical (unpaired) electrons. The minimum Gasteiger partial charge on any atom is -0.382 e. The highest BCUT2D eigenvalue weighted by molar-refractivity contribution is 6.18. The van der Waals surface area contributed by atoms with Crippen LogP contribution in [0.1, 0.15) is 84.3 Å². The summed E-state index contributed by atoms with van der Waals surface area (Å²) in [7, 11) is 0. The van der Waals surface area contributed by atoms with Crippen LogP contribution in [0.25, 0.3) is 16.8 Å². The number of anilines is 1. The monoisotopic (exact) mass is 550 g/mol. The summed E-state index contributed by atoms with van der Waals surface area (Å²) in [5, 5.41) is 26.6. The van der Waals surface area contributed by atoms with E-state index in [-0.39, 0.29) is 17.6 Å². The molecule has 0 amide bonds. The van der Waals surface area contributed by atoms with E-state index in [4.69, 9.17) is 0 Å². The second kappa shape index (κ2) is 11.4. The third kappa shape index (κ3) is 5.85. The molecule has 0 spiro atoms. The Bertz CT molecular complexity index is 1600. The molecule has 41 heavy (non-hydrogen) atoms. The second-order valence-corrected chi connectivity index (χ2v) is 12.3. The molecule has 8 heteroatoms. The maximum Gasteiger partial charge on any atom is 0.146 e. The number of carbonyl (C=O) groups excluding carboxylic acids is 2. The number of nitrogens with one attached hydrogen (secondary N) is 1. The summed E-state index contributed by atoms with van der Waals surface area (Å²) in [6, 6.07) is 14.6. The van der Waals surface area contributed by atoms with Crippen molar-refractivity contribution in [3.8, 4) is 17.3 Å². The summed E-state index contributed by atoms with van der Waals surface area (Å²) in [4.78, 5) is 24.6. The molecule has 8 nitrogen and oxygen atoms in total. The van der Waals surface area contributed by atoms with Gasteiger partial charge in [-0.15, -0.1) is 0 Å². The number of rotatable bonds is 9. The van der Waals surface area contributed by atoms with Crippen molar-refractivity contribution in [3.63, 3.8) is 0 Å². The van der Waals surface area contributed by atoms with E-state index in [1.807, 2.05) is 22.7 Å². The molecule has 2 aliphatic rings. The van der Waals surface area contributed by atoms with Gasteiger partial charge in [-0.3, -0.25) is 9.59 Å². The highest BCUT2D eigenvalue weighted by Gasteiger charge is 2.35. The van der Waals surface area contributed by atoms with Gasteiger partial charge < -0.3 is 5.32 Å². The number of hydrogen-bond donors (Lipinski definition) is 1. The Kier molecular flexibility index (Phi) is 7.90. The van der Waals surface area contributed by atoms with Gasteiger partial charge in [0.05, 0.1) is 34.1 Å². The first-order valence-corrected chi connectivity index (χ1v) is 14.5. The predicted octanol–water partition coefficient (Wildman–Crippen LogP) is 6.62. The van der Waals surface area contributed by atoms with Crippen LogP contribution in [0.5, 0.6) is 0 Å². The standard InChI is InChI=1S/C33H38N6O2/c1-20(2)36-29-16-25(31-13-11-26-14-23(18-34)19-35-39(26)31)10-12-27(29)30-17-28(37-38-30)24-8-6-22(7-9-24)15-32(41)33(4,5)21(3)40/h10-14,16,19-20,22,24,36H,6-9,15,17H2,1-5H3. The minimum atomic E-state index is -0.890. The molecular formula is C33H38N6O2. The molecule has 3 heterocycles.